The number of hydrogen-bond donors (Lipinski definition) is 2. The van der Waals surface area contributed by atoms with Gasteiger partial charge in [0, 0.05) is 5.69 Å². The summed E-state index contributed by atoms with van der Waals surface area (Å²) in [6, 6.07) is 13.2. The van der Waals surface area contributed by atoms with Crippen LogP contribution in [-0.4, -0.2) is 23.5 Å². The van der Waals surface area contributed by atoms with Gasteiger partial charge in [-0.3, -0.25) is 20.2 Å². The number of ether oxygens (including phenoxy) is 1. The van der Waals surface area contributed by atoms with E-state index in [0.29, 0.717) is 11.6 Å². The van der Waals surface area contributed by atoms with E-state index in [1.807, 2.05) is 26.8 Å². The van der Waals surface area contributed by atoms with Gasteiger partial charge in [-0.25, -0.2) is 4.79 Å². The number of amides is 3. The number of nitrogens with one attached hydrogen (secondary N) is 2. The molecule has 6 rings (SSSR count). The molecule has 0 aromatic heterocycles. The van der Waals surface area contributed by atoms with Crippen molar-refractivity contribution in [2.24, 2.45) is 22.7 Å². The lowest BCUT2D eigenvalue weighted by atomic mass is 9.49. The molecule has 0 unspecified atom stereocenters. The Bertz CT molecular complexity index is 1620. The van der Waals surface area contributed by atoms with Gasteiger partial charge in [0.1, 0.15) is 5.60 Å². The maximum absolute atomic E-state index is 14.5. The van der Waals surface area contributed by atoms with Gasteiger partial charge in [-0.05, 0) is 141 Å². The minimum Gasteiger partial charge on any atom is -0.444 e. The van der Waals surface area contributed by atoms with Gasteiger partial charge < -0.3 is 4.74 Å². The van der Waals surface area contributed by atoms with Crippen molar-refractivity contribution in [3.8, 4) is 0 Å². The normalized spacial score (nSPS) is 32.6. The second-order valence-corrected chi connectivity index (χ2v) is 17.9. The number of hydrogen-bond acceptors (Lipinski definition) is 4. The molecule has 0 aliphatic heterocycles. The standard InChI is InChI=1S/C42H58N2O4/c1-26(2)28-13-17-31-29(24-28)15-19-33-39(31,6)20-10-22-41(33,8)35(45)44-36(46)42(9)23-11-21-40(7)32-25-30(43-37(47)48-38(3,4)5)16-12-27(32)14-18-34(40)42/h12-13,16-17,24-26,33-34H,10-11,14-15,18-23H2,1-9H3,(H,43,47)(H,44,45,46)/t33-,34-,39-,40-,41-,42+/m1/s1. The van der Waals surface area contributed by atoms with Gasteiger partial charge in [0.05, 0.1) is 10.8 Å². The van der Waals surface area contributed by atoms with Gasteiger partial charge in [0.2, 0.25) is 11.8 Å². The average Bonchev–Trinajstić information content (AvgIpc) is 2.99. The molecule has 6 nitrogen and oxygen atoms in total. The molecule has 48 heavy (non-hydrogen) atoms. The molecule has 6 heteroatoms. The molecule has 2 N–H and O–H groups in total. The van der Waals surface area contributed by atoms with Crippen LogP contribution in [0.15, 0.2) is 36.4 Å². The van der Waals surface area contributed by atoms with Crippen molar-refractivity contribution in [1.82, 2.24) is 5.32 Å². The smallest absolute Gasteiger partial charge is 0.412 e. The molecule has 2 saturated carbocycles. The van der Waals surface area contributed by atoms with Crippen molar-refractivity contribution >= 4 is 23.6 Å². The Hall–Kier alpha value is -3.15. The minimum atomic E-state index is -0.671. The van der Waals surface area contributed by atoms with Crippen LogP contribution < -0.4 is 10.6 Å². The Balaban J connectivity index is 1.23. The van der Waals surface area contributed by atoms with Crippen LogP contribution in [0.3, 0.4) is 0 Å². The summed E-state index contributed by atoms with van der Waals surface area (Å²) >= 11 is 0. The van der Waals surface area contributed by atoms with Crippen molar-refractivity contribution in [2.75, 3.05) is 5.32 Å². The van der Waals surface area contributed by atoms with Gasteiger partial charge >= 0.3 is 6.09 Å². The molecular weight excluding hydrogens is 596 g/mol. The maximum atomic E-state index is 14.5. The van der Waals surface area contributed by atoms with Crippen molar-refractivity contribution in [3.63, 3.8) is 0 Å². The van der Waals surface area contributed by atoms with E-state index in [2.05, 4.69) is 82.5 Å². The molecule has 3 amide bonds. The second kappa shape index (κ2) is 12.0. The zero-order chi connectivity index (χ0) is 34.9. The van der Waals surface area contributed by atoms with E-state index in [1.54, 1.807) is 0 Å². The van der Waals surface area contributed by atoms with E-state index in [1.165, 1.54) is 27.8 Å². The third kappa shape index (κ3) is 5.79. The number of imide groups is 1. The fraction of sp³-hybridized carbons (Fsp3) is 0.643. The molecule has 2 fully saturated rings. The Labute approximate surface area is 288 Å². The van der Waals surface area contributed by atoms with Crippen LogP contribution >= 0.6 is 0 Å². The number of fused-ring (bicyclic) bond motifs is 6. The van der Waals surface area contributed by atoms with E-state index in [-0.39, 0.29) is 34.5 Å². The number of benzene rings is 2. The third-order valence-electron chi connectivity index (χ3n) is 13.3. The van der Waals surface area contributed by atoms with E-state index in [9.17, 15) is 14.4 Å². The van der Waals surface area contributed by atoms with Crippen molar-refractivity contribution in [3.05, 3.63) is 64.2 Å². The molecule has 2 aromatic carbocycles. The van der Waals surface area contributed by atoms with Crippen LogP contribution in [0.1, 0.15) is 147 Å². The zero-order valence-electron chi connectivity index (χ0n) is 30.9. The summed E-state index contributed by atoms with van der Waals surface area (Å²) in [5, 5.41) is 6.01. The number of anilines is 1. The second-order valence-electron chi connectivity index (χ2n) is 17.9. The largest absolute Gasteiger partial charge is 0.444 e. The van der Waals surface area contributed by atoms with Crippen LogP contribution in [0.5, 0.6) is 0 Å². The third-order valence-corrected chi connectivity index (χ3v) is 13.3. The first-order valence-electron chi connectivity index (χ1n) is 18.5. The van der Waals surface area contributed by atoms with Gasteiger partial charge in [-0.15, -0.1) is 0 Å². The first-order chi connectivity index (χ1) is 22.4. The summed E-state index contributed by atoms with van der Waals surface area (Å²) in [4.78, 5) is 41.6. The highest BCUT2D eigenvalue weighted by atomic mass is 16.6. The number of rotatable bonds is 4. The Morgan fingerprint density at radius 1 is 0.750 bits per heavy atom. The fourth-order valence-corrected chi connectivity index (χ4v) is 10.8. The minimum absolute atomic E-state index is 0.0805. The van der Waals surface area contributed by atoms with E-state index >= 15 is 0 Å². The van der Waals surface area contributed by atoms with Gasteiger partial charge in [-0.2, -0.15) is 0 Å². The van der Waals surface area contributed by atoms with Crippen molar-refractivity contribution in [2.45, 2.75) is 149 Å². The lowest BCUT2D eigenvalue weighted by Crippen LogP contribution is -2.60. The predicted molar refractivity (Wildman–Crippen MR) is 192 cm³/mol. The topological polar surface area (TPSA) is 84.5 Å². The van der Waals surface area contributed by atoms with Crippen LogP contribution in [0, 0.1) is 22.7 Å². The lowest BCUT2D eigenvalue weighted by molar-refractivity contribution is -0.150. The molecule has 0 spiro atoms. The maximum Gasteiger partial charge on any atom is 0.412 e. The number of aryl methyl sites for hydroxylation is 2. The highest BCUT2D eigenvalue weighted by molar-refractivity contribution is 6.01. The molecule has 0 radical (unpaired) electrons. The lowest BCUT2D eigenvalue weighted by Gasteiger charge is -2.56. The molecule has 0 saturated heterocycles. The summed E-state index contributed by atoms with van der Waals surface area (Å²) in [5.74, 6) is 0.564. The summed E-state index contributed by atoms with van der Waals surface area (Å²) in [5.41, 5.74) is 5.22. The average molecular weight is 655 g/mol. The summed E-state index contributed by atoms with van der Waals surface area (Å²) in [6.45, 7) is 19.0. The van der Waals surface area contributed by atoms with E-state index < -0.39 is 22.5 Å². The van der Waals surface area contributed by atoms with Crippen LogP contribution in [-0.2, 0) is 38.0 Å². The number of carbonyl (C=O) groups is 3. The first-order valence-corrected chi connectivity index (χ1v) is 18.5. The molecule has 0 bridgehead atoms. The van der Waals surface area contributed by atoms with E-state index in [0.717, 1.165) is 64.2 Å². The zero-order valence-corrected chi connectivity index (χ0v) is 30.9. The van der Waals surface area contributed by atoms with Crippen molar-refractivity contribution in [1.29, 1.82) is 0 Å². The molecule has 260 valence electrons. The van der Waals surface area contributed by atoms with Crippen LogP contribution in [0.4, 0.5) is 10.5 Å². The molecule has 4 aliphatic carbocycles. The SMILES string of the molecule is CC(C)c1ccc2c(c1)CC[C@H]1[C@](C)(C(=O)NC(=O)[C@@]3(C)CCC[C@]4(C)c5cc(NC(=O)OC(C)(C)C)ccc5CC[C@@H]34)CCC[C@]21C. The van der Waals surface area contributed by atoms with Gasteiger partial charge in [0.25, 0.3) is 0 Å². The molecule has 2 aromatic rings. The molecule has 4 aliphatic rings. The number of carbonyl (C=O) groups excluding carboxylic acids is 3. The van der Waals surface area contributed by atoms with Gasteiger partial charge in [0.15, 0.2) is 0 Å². The monoisotopic (exact) mass is 654 g/mol. The van der Waals surface area contributed by atoms with E-state index in [4.69, 9.17) is 4.74 Å². The first kappa shape index (κ1) is 34.7. The Morgan fingerprint density at radius 2 is 1.31 bits per heavy atom. The molecular formula is C42H58N2O4. The van der Waals surface area contributed by atoms with Gasteiger partial charge in [-0.1, -0.05) is 78.6 Å². The fourth-order valence-electron chi connectivity index (χ4n) is 10.8. The summed E-state index contributed by atoms with van der Waals surface area (Å²) < 4.78 is 5.51. The summed E-state index contributed by atoms with van der Waals surface area (Å²) in [6.07, 6.45) is 8.74. The van der Waals surface area contributed by atoms with Crippen LogP contribution in [0.2, 0.25) is 0 Å². The van der Waals surface area contributed by atoms with Crippen molar-refractivity contribution < 1.29 is 19.1 Å². The highest BCUT2D eigenvalue weighted by Crippen LogP contribution is 2.59. The highest BCUT2D eigenvalue weighted by Gasteiger charge is 2.58. The van der Waals surface area contributed by atoms with Crippen LogP contribution in [0.25, 0.3) is 0 Å². The molecule has 6 atom stereocenters. The summed E-state index contributed by atoms with van der Waals surface area (Å²) in [7, 11) is 0. The Morgan fingerprint density at radius 3 is 1.88 bits per heavy atom. The quantitative estimate of drug-likeness (QED) is 0.322. The molecule has 0 heterocycles. The Kier molecular flexibility index (Phi) is 8.69. The predicted octanol–water partition coefficient (Wildman–Crippen LogP) is 9.52.